The minimum absolute atomic E-state index is 0.132. The largest absolute Gasteiger partial charge is 0.454 e. The Labute approximate surface area is 176 Å². The summed E-state index contributed by atoms with van der Waals surface area (Å²) in [6.07, 6.45) is 2.94. The molecule has 2 aliphatic rings. The number of anilines is 1. The highest BCUT2D eigenvalue weighted by Crippen LogP contribution is 2.38. The van der Waals surface area contributed by atoms with E-state index in [1.165, 1.54) is 16.2 Å². The Kier molecular flexibility index (Phi) is 4.86. The summed E-state index contributed by atoms with van der Waals surface area (Å²) in [5.41, 5.74) is 3.05. The summed E-state index contributed by atoms with van der Waals surface area (Å²) in [7, 11) is 0. The van der Waals surface area contributed by atoms with Gasteiger partial charge in [0.1, 0.15) is 23.4 Å². The van der Waals surface area contributed by atoms with Gasteiger partial charge in [-0.2, -0.15) is 5.26 Å². The first-order valence-corrected chi connectivity index (χ1v) is 10.3. The Morgan fingerprint density at radius 2 is 2.17 bits per heavy atom. The molecule has 1 aliphatic heterocycles. The van der Waals surface area contributed by atoms with Crippen LogP contribution >= 0.6 is 11.3 Å². The van der Waals surface area contributed by atoms with Gasteiger partial charge in [-0.15, -0.1) is 11.3 Å². The van der Waals surface area contributed by atoms with Crippen molar-refractivity contribution in [3.05, 3.63) is 46.0 Å². The second kappa shape index (κ2) is 7.82. The van der Waals surface area contributed by atoms with E-state index >= 15 is 0 Å². The number of aromatic nitrogens is 1. The third-order valence-corrected chi connectivity index (χ3v) is 6.19. The Balaban J connectivity index is 1.16. The molecule has 0 spiro atoms. The molecule has 1 aromatic carbocycles. The fourth-order valence-electron chi connectivity index (χ4n) is 3.59. The second-order valence-electron chi connectivity index (χ2n) is 6.96. The van der Waals surface area contributed by atoms with Gasteiger partial charge in [0.15, 0.2) is 17.3 Å². The van der Waals surface area contributed by atoms with Crippen LogP contribution in [0.3, 0.4) is 0 Å². The van der Waals surface area contributed by atoms with Crippen LogP contribution in [0.4, 0.5) is 5.00 Å². The van der Waals surface area contributed by atoms with Gasteiger partial charge in [-0.3, -0.25) is 4.79 Å². The highest BCUT2D eigenvalue weighted by molar-refractivity contribution is 7.16. The molecule has 9 heteroatoms. The maximum atomic E-state index is 12.2. The van der Waals surface area contributed by atoms with Crippen molar-refractivity contribution in [1.29, 1.82) is 5.26 Å². The van der Waals surface area contributed by atoms with Crippen molar-refractivity contribution >= 4 is 22.2 Å². The van der Waals surface area contributed by atoms with Gasteiger partial charge in [-0.1, -0.05) is 5.16 Å². The van der Waals surface area contributed by atoms with Crippen molar-refractivity contribution in [2.45, 2.75) is 25.9 Å². The number of ether oxygens (including phenoxy) is 3. The van der Waals surface area contributed by atoms with Crippen molar-refractivity contribution in [3.8, 4) is 28.9 Å². The van der Waals surface area contributed by atoms with Crippen LogP contribution in [0.15, 0.2) is 28.8 Å². The minimum atomic E-state index is -0.300. The number of aryl methyl sites for hydroxylation is 1. The lowest BCUT2D eigenvalue weighted by Gasteiger charge is -2.04. The van der Waals surface area contributed by atoms with E-state index in [1.807, 2.05) is 18.2 Å². The molecular weight excluding hydrogens is 406 g/mol. The molecule has 0 radical (unpaired) electrons. The highest BCUT2D eigenvalue weighted by Gasteiger charge is 2.23. The summed E-state index contributed by atoms with van der Waals surface area (Å²) in [6.45, 7) is 0.202. The number of thiophene rings is 1. The number of hydrogen-bond donors (Lipinski definition) is 1. The predicted molar refractivity (Wildman–Crippen MR) is 107 cm³/mol. The van der Waals surface area contributed by atoms with E-state index in [-0.39, 0.29) is 25.9 Å². The Hall–Kier alpha value is -3.35. The molecule has 1 amide bonds. The first-order chi connectivity index (χ1) is 14.7. The van der Waals surface area contributed by atoms with Crippen LogP contribution < -0.4 is 14.8 Å². The first-order valence-electron chi connectivity index (χ1n) is 9.49. The number of rotatable bonds is 6. The third kappa shape index (κ3) is 3.51. The van der Waals surface area contributed by atoms with E-state index < -0.39 is 0 Å². The summed E-state index contributed by atoms with van der Waals surface area (Å²) in [6, 6.07) is 9.47. The molecule has 152 valence electrons. The number of nitrogens with zero attached hydrogens (tertiary/aromatic N) is 2. The summed E-state index contributed by atoms with van der Waals surface area (Å²) in [5.74, 6) is 1.63. The molecule has 0 saturated carbocycles. The van der Waals surface area contributed by atoms with Crippen LogP contribution in [0.25, 0.3) is 11.3 Å². The molecule has 30 heavy (non-hydrogen) atoms. The van der Waals surface area contributed by atoms with Gasteiger partial charge in [0, 0.05) is 16.5 Å². The van der Waals surface area contributed by atoms with E-state index in [1.54, 1.807) is 6.07 Å². The summed E-state index contributed by atoms with van der Waals surface area (Å²) in [5, 5.41) is 16.8. The monoisotopic (exact) mass is 423 g/mol. The Morgan fingerprint density at radius 1 is 1.27 bits per heavy atom. The topological polar surface area (TPSA) is 107 Å². The number of carbonyl (C=O) groups is 1. The number of nitriles is 1. The molecule has 0 fully saturated rings. The van der Waals surface area contributed by atoms with Gasteiger partial charge >= 0.3 is 0 Å². The Bertz CT molecular complexity index is 1160. The van der Waals surface area contributed by atoms with Gasteiger partial charge < -0.3 is 24.1 Å². The first kappa shape index (κ1) is 18.7. The molecule has 3 aromatic rings. The second-order valence-corrected chi connectivity index (χ2v) is 8.07. The predicted octanol–water partition coefficient (Wildman–Crippen LogP) is 3.65. The summed E-state index contributed by atoms with van der Waals surface area (Å²) < 4.78 is 21.5. The fraction of sp³-hybridized carbons (Fsp3) is 0.286. The number of carbonyl (C=O) groups excluding carboxylic acids is 1. The van der Waals surface area contributed by atoms with Crippen LogP contribution in [0, 0.1) is 11.3 Å². The van der Waals surface area contributed by atoms with Gasteiger partial charge in [0.2, 0.25) is 6.79 Å². The standard InChI is InChI=1S/C21H17N3O5S/c22-8-15-14-2-1-3-19(14)30-21(15)23-20(25)10-26-9-13-7-17(29-24-13)12-4-5-16-18(6-12)28-11-27-16/h4-7H,1-3,9-11H2,(H,23,25). The normalized spacial score (nSPS) is 13.8. The highest BCUT2D eigenvalue weighted by atomic mass is 32.1. The molecule has 0 atom stereocenters. The average Bonchev–Trinajstić information content (AvgIpc) is 3.51. The zero-order chi connectivity index (χ0) is 20.5. The molecule has 3 heterocycles. The van der Waals surface area contributed by atoms with Crippen LogP contribution in [0.5, 0.6) is 11.5 Å². The lowest BCUT2D eigenvalue weighted by atomic mass is 10.1. The van der Waals surface area contributed by atoms with Gasteiger partial charge in [0.05, 0.1) is 12.2 Å². The number of hydrogen-bond acceptors (Lipinski definition) is 8. The molecule has 2 aromatic heterocycles. The maximum absolute atomic E-state index is 12.2. The van der Waals surface area contributed by atoms with E-state index in [0.29, 0.717) is 33.5 Å². The number of benzene rings is 1. The molecule has 0 bridgehead atoms. The van der Waals surface area contributed by atoms with E-state index in [9.17, 15) is 10.1 Å². The quantitative estimate of drug-likeness (QED) is 0.645. The third-order valence-electron chi connectivity index (χ3n) is 4.99. The number of amides is 1. The molecule has 0 unspecified atom stereocenters. The Morgan fingerprint density at radius 3 is 3.07 bits per heavy atom. The molecule has 8 nitrogen and oxygen atoms in total. The van der Waals surface area contributed by atoms with Crippen molar-refractivity contribution in [1.82, 2.24) is 5.16 Å². The average molecular weight is 423 g/mol. The van der Waals surface area contributed by atoms with Crippen molar-refractivity contribution < 1.29 is 23.5 Å². The SMILES string of the molecule is N#Cc1c(NC(=O)COCc2cc(-c3ccc4c(c3)OCO4)on2)sc2c1CCC2. The fourth-order valence-corrected chi connectivity index (χ4v) is 4.84. The van der Waals surface area contributed by atoms with E-state index in [4.69, 9.17) is 18.7 Å². The summed E-state index contributed by atoms with van der Waals surface area (Å²) in [4.78, 5) is 13.4. The van der Waals surface area contributed by atoms with Crippen LogP contribution in [0.1, 0.15) is 28.1 Å². The molecule has 1 N–H and O–H groups in total. The summed E-state index contributed by atoms with van der Waals surface area (Å²) >= 11 is 1.48. The molecule has 5 rings (SSSR count). The van der Waals surface area contributed by atoms with Gasteiger partial charge in [-0.05, 0) is 43.0 Å². The lowest BCUT2D eigenvalue weighted by Crippen LogP contribution is -2.18. The zero-order valence-corrected chi connectivity index (χ0v) is 16.7. The van der Waals surface area contributed by atoms with Gasteiger partial charge in [-0.25, -0.2) is 0 Å². The van der Waals surface area contributed by atoms with Crippen molar-refractivity contribution in [3.63, 3.8) is 0 Å². The molecule has 0 saturated heterocycles. The van der Waals surface area contributed by atoms with Crippen molar-refractivity contribution in [2.24, 2.45) is 0 Å². The molecule has 1 aliphatic carbocycles. The van der Waals surface area contributed by atoms with Crippen LogP contribution in [-0.4, -0.2) is 24.5 Å². The minimum Gasteiger partial charge on any atom is -0.454 e. The maximum Gasteiger partial charge on any atom is 0.251 e. The van der Waals surface area contributed by atoms with E-state index in [0.717, 1.165) is 30.4 Å². The van der Waals surface area contributed by atoms with E-state index in [2.05, 4.69) is 16.5 Å². The number of fused-ring (bicyclic) bond motifs is 2. The van der Waals surface area contributed by atoms with Crippen molar-refractivity contribution in [2.75, 3.05) is 18.7 Å². The van der Waals surface area contributed by atoms with Crippen LogP contribution in [-0.2, 0) is 29.0 Å². The smallest absolute Gasteiger partial charge is 0.251 e. The van der Waals surface area contributed by atoms with Crippen LogP contribution in [0.2, 0.25) is 0 Å². The lowest BCUT2D eigenvalue weighted by molar-refractivity contribution is -0.121. The molecular formula is C21H17N3O5S. The number of nitrogens with one attached hydrogen (secondary N) is 1. The zero-order valence-electron chi connectivity index (χ0n) is 15.9. The van der Waals surface area contributed by atoms with Gasteiger partial charge in [0.25, 0.3) is 5.91 Å².